The molecular formula is C16H23NO. The molecule has 1 aromatic carbocycles. The van der Waals surface area contributed by atoms with Gasteiger partial charge in [-0.2, -0.15) is 0 Å². The van der Waals surface area contributed by atoms with Crippen molar-refractivity contribution in [3.8, 4) is 0 Å². The minimum atomic E-state index is 0.197. The first-order chi connectivity index (χ1) is 8.66. The topological polar surface area (TPSA) is 12.5 Å². The van der Waals surface area contributed by atoms with Crippen LogP contribution in [0.25, 0.3) is 0 Å². The van der Waals surface area contributed by atoms with Crippen molar-refractivity contribution < 1.29 is 4.74 Å². The molecule has 2 rings (SSSR count). The number of hydrogen-bond acceptors (Lipinski definition) is 2. The summed E-state index contributed by atoms with van der Waals surface area (Å²) < 4.78 is 6.03. The van der Waals surface area contributed by atoms with Crippen LogP contribution < -0.4 is 0 Å². The highest BCUT2D eigenvalue weighted by Gasteiger charge is 2.26. The van der Waals surface area contributed by atoms with Crippen LogP contribution in [0.3, 0.4) is 0 Å². The molecule has 1 saturated heterocycles. The lowest BCUT2D eigenvalue weighted by Crippen LogP contribution is -2.27. The van der Waals surface area contributed by atoms with Crippen LogP contribution in [0.15, 0.2) is 42.0 Å². The first-order valence-electron chi connectivity index (χ1n) is 6.67. The normalized spacial score (nSPS) is 25.5. The number of rotatable bonds is 2. The molecule has 0 N–H and O–H groups in total. The molecule has 98 valence electrons. The van der Waals surface area contributed by atoms with Crippen LogP contribution in [0.5, 0.6) is 0 Å². The lowest BCUT2D eigenvalue weighted by atomic mass is 9.92. The van der Waals surface area contributed by atoms with Gasteiger partial charge in [-0.25, -0.2) is 0 Å². The predicted octanol–water partition coefficient (Wildman–Crippen LogP) is 3.07. The van der Waals surface area contributed by atoms with Crippen LogP contribution in [0, 0.1) is 0 Å². The molecule has 0 radical (unpaired) electrons. The van der Waals surface area contributed by atoms with E-state index >= 15 is 0 Å². The maximum atomic E-state index is 6.03. The lowest BCUT2D eigenvalue weighted by molar-refractivity contribution is 0.0840. The Morgan fingerprint density at radius 1 is 1.28 bits per heavy atom. The van der Waals surface area contributed by atoms with E-state index in [9.17, 15) is 0 Å². The second-order valence-electron chi connectivity index (χ2n) is 5.36. The monoisotopic (exact) mass is 245 g/mol. The summed E-state index contributed by atoms with van der Waals surface area (Å²) in [6.07, 6.45) is 2.46. The Balaban J connectivity index is 2.27. The van der Waals surface area contributed by atoms with Crippen molar-refractivity contribution in [2.45, 2.75) is 25.9 Å². The lowest BCUT2D eigenvalue weighted by Gasteiger charge is -2.25. The fourth-order valence-electron chi connectivity index (χ4n) is 2.48. The van der Waals surface area contributed by atoms with Gasteiger partial charge in [-0.3, -0.25) is 0 Å². The average molecular weight is 245 g/mol. The van der Waals surface area contributed by atoms with Gasteiger partial charge in [-0.15, -0.1) is 0 Å². The molecular weight excluding hydrogens is 222 g/mol. The molecule has 1 aliphatic heterocycles. The molecule has 0 saturated carbocycles. The molecule has 2 atom stereocenters. The van der Waals surface area contributed by atoms with Crippen molar-refractivity contribution in [1.82, 2.24) is 4.90 Å². The Labute approximate surface area is 110 Å². The summed E-state index contributed by atoms with van der Waals surface area (Å²) in [5.74, 6) is 0.425. The van der Waals surface area contributed by atoms with Crippen molar-refractivity contribution >= 4 is 0 Å². The van der Waals surface area contributed by atoms with Crippen molar-refractivity contribution in [3.63, 3.8) is 0 Å². The van der Waals surface area contributed by atoms with Gasteiger partial charge < -0.3 is 9.64 Å². The van der Waals surface area contributed by atoms with E-state index in [2.05, 4.69) is 62.2 Å². The summed E-state index contributed by atoms with van der Waals surface area (Å²) in [5, 5.41) is 0. The molecule has 18 heavy (non-hydrogen) atoms. The number of nitrogens with zero attached hydrogens (tertiary/aromatic N) is 1. The second kappa shape index (κ2) is 6.17. The largest absolute Gasteiger partial charge is 0.372 e. The van der Waals surface area contributed by atoms with Crippen LogP contribution in [0.1, 0.15) is 25.3 Å². The van der Waals surface area contributed by atoms with E-state index in [-0.39, 0.29) is 6.10 Å². The van der Waals surface area contributed by atoms with Crippen molar-refractivity contribution in [2.24, 2.45) is 0 Å². The van der Waals surface area contributed by atoms with Crippen LogP contribution in [-0.4, -0.2) is 37.7 Å². The minimum Gasteiger partial charge on any atom is -0.372 e. The van der Waals surface area contributed by atoms with E-state index in [4.69, 9.17) is 4.74 Å². The smallest absolute Gasteiger partial charge is 0.0839 e. The van der Waals surface area contributed by atoms with Crippen LogP contribution in [-0.2, 0) is 4.74 Å². The first kappa shape index (κ1) is 13.3. The fraction of sp³-hybridized carbons (Fsp3) is 0.500. The molecule has 2 nitrogen and oxygen atoms in total. The van der Waals surface area contributed by atoms with Gasteiger partial charge >= 0.3 is 0 Å². The van der Waals surface area contributed by atoms with Crippen LogP contribution in [0.4, 0.5) is 0 Å². The summed E-state index contributed by atoms with van der Waals surface area (Å²) >= 11 is 0. The number of ether oxygens (including phenoxy) is 1. The zero-order chi connectivity index (χ0) is 13.0. The molecule has 0 aliphatic carbocycles. The van der Waals surface area contributed by atoms with Gasteiger partial charge in [-0.05, 0) is 26.5 Å². The SMILES string of the molecule is CC(C)=CC1OCCN(C)CC1c1ccccc1. The molecule has 1 heterocycles. The molecule has 2 heteroatoms. The maximum Gasteiger partial charge on any atom is 0.0839 e. The van der Waals surface area contributed by atoms with Gasteiger partial charge in [0.05, 0.1) is 12.7 Å². The van der Waals surface area contributed by atoms with E-state index in [1.807, 2.05) is 0 Å². The number of likely N-dealkylation sites (N-methyl/N-ethyl adjacent to an activating group) is 1. The van der Waals surface area contributed by atoms with E-state index in [1.165, 1.54) is 11.1 Å². The van der Waals surface area contributed by atoms with E-state index in [1.54, 1.807) is 0 Å². The summed E-state index contributed by atoms with van der Waals surface area (Å²) in [6, 6.07) is 10.7. The van der Waals surface area contributed by atoms with Gasteiger partial charge in [-0.1, -0.05) is 42.0 Å². The van der Waals surface area contributed by atoms with E-state index < -0.39 is 0 Å². The Hall–Kier alpha value is -1.12. The Bertz CT molecular complexity index is 395. The van der Waals surface area contributed by atoms with Crippen LogP contribution in [0.2, 0.25) is 0 Å². The predicted molar refractivity (Wildman–Crippen MR) is 75.9 cm³/mol. The van der Waals surface area contributed by atoms with E-state index in [0.29, 0.717) is 5.92 Å². The molecule has 0 amide bonds. The standard InChI is InChI=1S/C16H23NO/c1-13(2)11-16-15(12-17(3)9-10-18-16)14-7-5-4-6-8-14/h4-8,11,15-16H,9-10,12H2,1-3H3. The quantitative estimate of drug-likeness (QED) is 0.742. The third-order valence-electron chi connectivity index (χ3n) is 3.41. The summed E-state index contributed by atoms with van der Waals surface area (Å²) in [7, 11) is 2.17. The molecule has 1 fully saturated rings. The second-order valence-corrected chi connectivity index (χ2v) is 5.36. The zero-order valence-electron chi connectivity index (χ0n) is 11.6. The third-order valence-corrected chi connectivity index (χ3v) is 3.41. The number of hydrogen-bond donors (Lipinski definition) is 0. The maximum absolute atomic E-state index is 6.03. The molecule has 0 aromatic heterocycles. The van der Waals surface area contributed by atoms with Gasteiger partial charge in [0.1, 0.15) is 0 Å². The van der Waals surface area contributed by atoms with Gasteiger partial charge in [0.2, 0.25) is 0 Å². The number of benzene rings is 1. The van der Waals surface area contributed by atoms with Gasteiger partial charge in [0, 0.05) is 19.0 Å². The fourth-order valence-corrected chi connectivity index (χ4v) is 2.48. The van der Waals surface area contributed by atoms with Gasteiger partial charge in [0.25, 0.3) is 0 Å². The Kier molecular flexibility index (Phi) is 4.56. The average Bonchev–Trinajstić information content (AvgIpc) is 2.52. The van der Waals surface area contributed by atoms with Crippen molar-refractivity contribution in [3.05, 3.63) is 47.5 Å². The third kappa shape index (κ3) is 3.44. The Morgan fingerprint density at radius 2 is 2.00 bits per heavy atom. The summed E-state index contributed by atoms with van der Waals surface area (Å²) in [6.45, 7) is 7.16. The molecule has 0 spiro atoms. The molecule has 2 unspecified atom stereocenters. The van der Waals surface area contributed by atoms with E-state index in [0.717, 1.165) is 19.7 Å². The summed E-state index contributed by atoms with van der Waals surface area (Å²) in [4.78, 5) is 2.36. The highest BCUT2D eigenvalue weighted by Crippen LogP contribution is 2.26. The molecule has 0 bridgehead atoms. The zero-order valence-corrected chi connectivity index (χ0v) is 11.6. The van der Waals surface area contributed by atoms with Crippen molar-refractivity contribution in [2.75, 3.05) is 26.7 Å². The van der Waals surface area contributed by atoms with Crippen LogP contribution >= 0.6 is 0 Å². The molecule has 1 aromatic rings. The molecule has 1 aliphatic rings. The highest BCUT2D eigenvalue weighted by molar-refractivity contribution is 5.24. The highest BCUT2D eigenvalue weighted by atomic mass is 16.5. The van der Waals surface area contributed by atoms with Crippen molar-refractivity contribution in [1.29, 1.82) is 0 Å². The minimum absolute atomic E-state index is 0.197. The Morgan fingerprint density at radius 3 is 2.67 bits per heavy atom. The van der Waals surface area contributed by atoms with Gasteiger partial charge in [0.15, 0.2) is 0 Å². The summed E-state index contributed by atoms with van der Waals surface area (Å²) in [5.41, 5.74) is 2.69. The number of allylic oxidation sites excluding steroid dienone is 1. The first-order valence-corrected chi connectivity index (χ1v) is 6.67.